The first-order chi connectivity index (χ1) is 10.6. The van der Waals surface area contributed by atoms with Crippen LogP contribution >= 0.6 is 0 Å². The van der Waals surface area contributed by atoms with Gasteiger partial charge in [0, 0.05) is 11.7 Å². The molecule has 0 saturated carbocycles. The molecule has 1 aliphatic heterocycles. The molecule has 1 fully saturated rings. The maximum absolute atomic E-state index is 14.2. The van der Waals surface area contributed by atoms with Gasteiger partial charge in [-0.3, -0.25) is 4.90 Å². The Balaban J connectivity index is 1.89. The summed E-state index contributed by atoms with van der Waals surface area (Å²) in [4.78, 5) is 6.70. The van der Waals surface area contributed by atoms with Crippen LogP contribution in [0.15, 0.2) is 54.6 Å². The summed E-state index contributed by atoms with van der Waals surface area (Å²) in [5.74, 6) is -0.166. The van der Waals surface area contributed by atoms with Gasteiger partial charge in [0.05, 0.1) is 25.7 Å². The van der Waals surface area contributed by atoms with Gasteiger partial charge in [0.15, 0.2) is 0 Å². The van der Waals surface area contributed by atoms with Crippen molar-refractivity contribution in [2.45, 2.75) is 19.9 Å². The second-order valence-corrected chi connectivity index (χ2v) is 5.97. The zero-order chi connectivity index (χ0) is 15.5. The predicted molar refractivity (Wildman–Crippen MR) is 89.4 cm³/mol. The third kappa shape index (κ3) is 3.07. The zero-order valence-electron chi connectivity index (χ0n) is 13.1. The van der Waals surface area contributed by atoms with Crippen LogP contribution in [0, 0.1) is 5.82 Å². The van der Waals surface area contributed by atoms with Crippen molar-refractivity contribution in [2.24, 2.45) is 0 Å². The van der Waals surface area contributed by atoms with Gasteiger partial charge < -0.3 is 9.80 Å². The van der Waals surface area contributed by atoms with Crippen LogP contribution in [0.4, 0.5) is 15.8 Å². The Labute approximate surface area is 131 Å². The highest BCUT2D eigenvalue weighted by Crippen LogP contribution is 2.25. The van der Waals surface area contributed by atoms with E-state index in [-0.39, 0.29) is 5.82 Å². The molecule has 116 valence electrons. The molecule has 0 N–H and O–H groups in total. The van der Waals surface area contributed by atoms with E-state index in [1.807, 2.05) is 30.3 Å². The molecule has 0 atom stereocenters. The lowest BCUT2D eigenvalue weighted by Crippen LogP contribution is -2.57. The van der Waals surface area contributed by atoms with Gasteiger partial charge in [-0.2, -0.15) is 0 Å². The summed E-state index contributed by atoms with van der Waals surface area (Å²) in [6.07, 6.45) is 0. The van der Waals surface area contributed by atoms with E-state index in [1.165, 1.54) is 6.07 Å². The van der Waals surface area contributed by atoms with Gasteiger partial charge in [0.25, 0.3) is 0 Å². The lowest BCUT2D eigenvalue weighted by Gasteiger charge is -2.46. The molecule has 0 aliphatic carbocycles. The van der Waals surface area contributed by atoms with E-state index in [1.54, 1.807) is 6.07 Å². The van der Waals surface area contributed by atoms with Gasteiger partial charge in [-0.25, -0.2) is 4.39 Å². The van der Waals surface area contributed by atoms with E-state index in [0.29, 0.717) is 18.4 Å². The van der Waals surface area contributed by atoms with Crippen LogP contribution in [0.25, 0.3) is 0 Å². The van der Waals surface area contributed by atoms with E-state index in [2.05, 4.69) is 40.7 Å². The molecule has 0 radical (unpaired) electrons. The fraction of sp³-hybridized carbons (Fsp3) is 0.333. The van der Waals surface area contributed by atoms with Crippen molar-refractivity contribution in [2.75, 3.05) is 29.8 Å². The Kier molecular flexibility index (Phi) is 4.29. The Morgan fingerprint density at radius 2 is 1.45 bits per heavy atom. The first-order valence-corrected chi connectivity index (χ1v) is 7.68. The first kappa shape index (κ1) is 14.9. The molecule has 0 bridgehead atoms. The van der Waals surface area contributed by atoms with E-state index in [0.717, 1.165) is 19.0 Å². The smallest absolute Gasteiger partial charge is 0.146 e. The highest BCUT2D eigenvalue weighted by molar-refractivity contribution is 5.53. The van der Waals surface area contributed by atoms with Gasteiger partial charge in [-0.1, -0.05) is 30.3 Å². The molecule has 0 spiro atoms. The second kappa shape index (κ2) is 6.36. The molecule has 0 aromatic heterocycles. The average Bonchev–Trinajstić information content (AvgIpc) is 2.55. The standard InChI is InChI=1S/C18H22FN3/c1-15(2)20-12-21(16-8-4-3-5-9-16)14-22(13-20)18-11-7-6-10-17(18)19/h3-11,15H,12-14H2,1-2H3. The molecule has 22 heavy (non-hydrogen) atoms. The zero-order valence-corrected chi connectivity index (χ0v) is 13.1. The molecule has 4 heteroatoms. The summed E-state index contributed by atoms with van der Waals surface area (Å²) < 4.78 is 14.2. The SMILES string of the molecule is CC(C)N1CN(c2ccccc2)CN(c2ccccc2F)C1. The van der Waals surface area contributed by atoms with Crippen LogP contribution in [0.2, 0.25) is 0 Å². The third-order valence-electron chi connectivity index (χ3n) is 4.09. The van der Waals surface area contributed by atoms with E-state index in [4.69, 9.17) is 0 Å². The van der Waals surface area contributed by atoms with Crippen molar-refractivity contribution >= 4 is 11.4 Å². The van der Waals surface area contributed by atoms with Crippen molar-refractivity contribution < 1.29 is 4.39 Å². The Morgan fingerprint density at radius 3 is 2.14 bits per heavy atom. The summed E-state index contributed by atoms with van der Waals surface area (Å²) in [5.41, 5.74) is 1.82. The minimum absolute atomic E-state index is 0.166. The second-order valence-electron chi connectivity index (χ2n) is 5.97. The number of benzene rings is 2. The number of hydrogen-bond acceptors (Lipinski definition) is 3. The van der Waals surface area contributed by atoms with Crippen LogP contribution in [-0.4, -0.2) is 30.9 Å². The summed E-state index contributed by atoms with van der Waals surface area (Å²) in [7, 11) is 0. The molecular weight excluding hydrogens is 277 g/mol. The summed E-state index contributed by atoms with van der Waals surface area (Å²) >= 11 is 0. The third-order valence-corrected chi connectivity index (χ3v) is 4.09. The first-order valence-electron chi connectivity index (χ1n) is 7.68. The summed E-state index contributed by atoms with van der Waals surface area (Å²) in [6.45, 7) is 6.63. The predicted octanol–water partition coefficient (Wildman–Crippen LogP) is 3.74. The van der Waals surface area contributed by atoms with Gasteiger partial charge in [-0.15, -0.1) is 0 Å². The van der Waals surface area contributed by atoms with Gasteiger partial charge in [0.2, 0.25) is 0 Å². The number of anilines is 2. The molecule has 0 amide bonds. The van der Waals surface area contributed by atoms with Gasteiger partial charge in [0.1, 0.15) is 5.82 Å². The Morgan fingerprint density at radius 1 is 0.818 bits per heavy atom. The van der Waals surface area contributed by atoms with Crippen molar-refractivity contribution in [3.05, 3.63) is 60.4 Å². The number of hydrogen-bond donors (Lipinski definition) is 0. The monoisotopic (exact) mass is 299 g/mol. The largest absolute Gasteiger partial charge is 0.341 e. The minimum Gasteiger partial charge on any atom is -0.341 e. The topological polar surface area (TPSA) is 9.72 Å². The summed E-state index contributed by atoms with van der Waals surface area (Å²) in [6, 6.07) is 17.7. The lowest BCUT2D eigenvalue weighted by molar-refractivity contribution is 0.195. The molecule has 1 aliphatic rings. The van der Waals surface area contributed by atoms with Gasteiger partial charge in [-0.05, 0) is 38.1 Å². The molecule has 3 rings (SSSR count). The van der Waals surface area contributed by atoms with Crippen LogP contribution < -0.4 is 9.80 Å². The number of para-hydroxylation sites is 2. The Hall–Kier alpha value is -2.07. The Bertz CT molecular complexity index is 615. The van der Waals surface area contributed by atoms with Crippen molar-refractivity contribution in [1.82, 2.24) is 4.90 Å². The molecule has 0 unspecified atom stereocenters. The normalized spacial score (nSPS) is 16.4. The fourth-order valence-electron chi connectivity index (χ4n) is 2.77. The van der Waals surface area contributed by atoms with E-state index < -0.39 is 0 Å². The number of rotatable bonds is 3. The molecule has 1 heterocycles. The molecular formula is C18H22FN3. The highest BCUT2D eigenvalue weighted by Gasteiger charge is 2.26. The molecule has 2 aromatic rings. The lowest BCUT2D eigenvalue weighted by atomic mass is 10.2. The van der Waals surface area contributed by atoms with Crippen LogP contribution in [-0.2, 0) is 0 Å². The van der Waals surface area contributed by atoms with Crippen molar-refractivity contribution in [1.29, 1.82) is 0 Å². The fourth-order valence-corrected chi connectivity index (χ4v) is 2.77. The van der Waals surface area contributed by atoms with E-state index in [9.17, 15) is 4.39 Å². The van der Waals surface area contributed by atoms with Crippen LogP contribution in [0.1, 0.15) is 13.8 Å². The van der Waals surface area contributed by atoms with Crippen molar-refractivity contribution in [3.63, 3.8) is 0 Å². The maximum Gasteiger partial charge on any atom is 0.146 e. The van der Waals surface area contributed by atoms with Crippen LogP contribution in [0.5, 0.6) is 0 Å². The van der Waals surface area contributed by atoms with Gasteiger partial charge >= 0.3 is 0 Å². The number of nitrogens with zero attached hydrogens (tertiary/aromatic N) is 3. The average molecular weight is 299 g/mol. The van der Waals surface area contributed by atoms with E-state index >= 15 is 0 Å². The quantitative estimate of drug-likeness (QED) is 0.855. The minimum atomic E-state index is -0.166. The highest BCUT2D eigenvalue weighted by atomic mass is 19.1. The molecule has 1 saturated heterocycles. The summed E-state index contributed by atoms with van der Waals surface area (Å²) in [5, 5.41) is 0. The number of halogens is 1. The maximum atomic E-state index is 14.2. The van der Waals surface area contributed by atoms with Crippen LogP contribution in [0.3, 0.4) is 0 Å². The van der Waals surface area contributed by atoms with Crippen molar-refractivity contribution in [3.8, 4) is 0 Å². The molecule has 2 aromatic carbocycles. The molecule has 3 nitrogen and oxygen atoms in total.